The van der Waals surface area contributed by atoms with E-state index in [9.17, 15) is 9.59 Å². The number of nitrogens with one attached hydrogen (secondary N) is 1. The van der Waals surface area contributed by atoms with Crippen molar-refractivity contribution in [3.05, 3.63) is 52.3 Å². The second kappa shape index (κ2) is 6.65. The minimum absolute atomic E-state index is 0.151. The van der Waals surface area contributed by atoms with Crippen LogP contribution in [0.15, 0.2) is 35.4 Å². The molecule has 2 rings (SSSR count). The molecule has 0 spiro atoms. The Hall–Kier alpha value is -2.70. The normalized spacial score (nSPS) is 10.3. The highest BCUT2D eigenvalue weighted by Crippen LogP contribution is 2.00. The first-order valence-corrected chi connectivity index (χ1v) is 6.56. The van der Waals surface area contributed by atoms with E-state index in [2.05, 4.69) is 15.3 Å². The van der Waals surface area contributed by atoms with E-state index in [0.29, 0.717) is 18.7 Å². The van der Waals surface area contributed by atoms with E-state index < -0.39 is 5.91 Å². The number of aromatic nitrogens is 3. The summed E-state index contributed by atoms with van der Waals surface area (Å²) in [6.45, 7) is 2.08. The summed E-state index contributed by atoms with van der Waals surface area (Å²) in [5, 5.41) is 2.97. The number of pyridine rings is 1. The molecule has 0 aromatic carbocycles. The molecule has 0 aliphatic rings. The van der Waals surface area contributed by atoms with Crippen LogP contribution in [0.1, 0.15) is 11.4 Å². The molecule has 1 amide bonds. The molecule has 0 radical (unpaired) electrons. The van der Waals surface area contributed by atoms with Crippen molar-refractivity contribution in [2.75, 3.05) is 11.9 Å². The number of hydrogen-bond acceptors (Lipinski definition) is 5. The van der Waals surface area contributed by atoms with Crippen LogP contribution < -0.4 is 16.6 Å². The molecule has 2 aromatic heterocycles. The molecule has 3 N–H and O–H groups in total. The lowest BCUT2D eigenvalue weighted by atomic mass is 10.3. The van der Waals surface area contributed by atoms with Gasteiger partial charge in [-0.25, -0.2) is 4.98 Å². The summed E-state index contributed by atoms with van der Waals surface area (Å²) in [5.41, 5.74) is 6.31. The van der Waals surface area contributed by atoms with Gasteiger partial charge in [0.2, 0.25) is 5.91 Å². The van der Waals surface area contributed by atoms with Gasteiger partial charge in [-0.1, -0.05) is 6.07 Å². The van der Waals surface area contributed by atoms with Crippen LogP contribution in [0, 0.1) is 6.92 Å². The van der Waals surface area contributed by atoms with Crippen molar-refractivity contribution >= 4 is 11.7 Å². The molecule has 0 bridgehead atoms. The minimum atomic E-state index is -0.564. The molecule has 2 heterocycles. The van der Waals surface area contributed by atoms with E-state index in [1.165, 1.54) is 10.8 Å². The Morgan fingerprint density at radius 3 is 2.86 bits per heavy atom. The predicted molar refractivity (Wildman–Crippen MR) is 78.9 cm³/mol. The van der Waals surface area contributed by atoms with Gasteiger partial charge in [0.05, 0.1) is 0 Å². The lowest BCUT2D eigenvalue weighted by Crippen LogP contribution is -2.32. The van der Waals surface area contributed by atoms with Gasteiger partial charge in [0, 0.05) is 36.7 Å². The zero-order valence-corrected chi connectivity index (χ0v) is 11.7. The molecule has 7 heteroatoms. The highest BCUT2D eigenvalue weighted by atomic mass is 16.2. The lowest BCUT2D eigenvalue weighted by molar-refractivity contribution is -0.118. The quantitative estimate of drug-likeness (QED) is 0.783. The van der Waals surface area contributed by atoms with Gasteiger partial charge < -0.3 is 11.1 Å². The molecule has 7 nitrogen and oxygen atoms in total. The lowest BCUT2D eigenvalue weighted by Gasteiger charge is -2.10. The van der Waals surface area contributed by atoms with E-state index in [1.54, 1.807) is 13.1 Å². The van der Waals surface area contributed by atoms with Crippen molar-refractivity contribution in [1.82, 2.24) is 14.5 Å². The molecular weight excluding hydrogens is 270 g/mol. The van der Waals surface area contributed by atoms with E-state index in [4.69, 9.17) is 5.73 Å². The van der Waals surface area contributed by atoms with Crippen molar-refractivity contribution in [2.24, 2.45) is 5.73 Å². The van der Waals surface area contributed by atoms with Crippen LogP contribution >= 0.6 is 0 Å². The molecule has 0 atom stereocenters. The topological polar surface area (TPSA) is 103 Å². The van der Waals surface area contributed by atoms with Gasteiger partial charge in [-0.2, -0.15) is 0 Å². The number of hydrogen-bond donors (Lipinski definition) is 2. The molecule has 2 aromatic rings. The second-order valence-corrected chi connectivity index (χ2v) is 4.60. The summed E-state index contributed by atoms with van der Waals surface area (Å²) >= 11 is 0. The minimum Gasteiger partial charge on any atom is -0.368 e. The number of anilines is 1. The number of nitrogens with two attached hydrogens (primary N) is 1. The average Bonchev–Trinajstić information content (AvgIpc) is 2.47. The van der Waals surface area contributed by atoms with Crippen LogP contribution in [0.5, 0.6) is 0 Å². The molecule has 0 aliphatic carbocycles. The molecule has 0 unspecified atom stereocenters. The van der Waals surface area contributed by atoms with E-state index in [0.717, 1.165) is 5.69 Å². The standard InChI is InChI=1S/C14H17N5O2/c1-10-8-18-13(14(21)19(10)9-12(15)20)17-7-5-11-4-2-3-6-16-11/h2-4,6,8H,5,7,9H2,1H3,(H2,15,20)(H,17,18). The van der Waals surface area contributed by atoms with Gasteiger partial charge in [-0.3, -0.25) is 19.1 Å². The van der Waals surface area contributed by atoms with Crippen LogP contribution in [0.3, 0.4) is 0 Å². The number of nitrogens with zero attached hydrogens (tertiary/aromatic N) is 3. The van der Waals surface area contributed by atoms with Gasteiger partial charge in [-0.15, -0.1) is 0 Å². The Balaban J connectivity index is 2.07. The van der Waals surface area contributed by atoms with Crippen molar-refractivity contribution in [1.29, 1.82) is 0 Å². The fraction of sp³-hybridized carbons (Fsp3) is 0.286. The molecule has 0 saturated heterocycles. The average molecular weight is 287 g/mol. The van der Waals surface area contributed by atoms with Crippen LogP contribution in [-0.4, -0.2) is 27.0 Å². The second-order valence-electron chi connectivity index (χ2n) is 4.60. The zero-order valence-electron chi connectivity index (χ0n) is 11.7. The fourth-order valence-electron chi connectivity index (χ4n) is 1.90. The van der Waals surface area contributed by atoms with Crippen LogP contribution in [0.25, 0.3) is 0 Å². The molecule has 110 valence electrons. The monoisotopic (exact) mass is 287 g/mol. The van der Waals surface area contributed by atoms with Crippen molar-refractivity contribution < 1.29 is 4.79 Å². The third-order valence-electron chi connectivity index (χ3n) is 2.97. The maximum Gasteiger partial charge on any atom is 0.293 e. The zero-order chi connectivity index (χ0) is 15.2. The Labute approximate surface area is 121 Å². The Morgan fingerprint density at radius 2 is 2.19 bits per heavy atom. The number of primary amides is 1. The van der Waals surface area contributed by atoms with E-state index >= 15 is 0 Å². The largest absolute Gasteiger partial charge is 0.368 e. The molecule has 0 aliphatic heterocycles. The highest BCUT2D eigenvalue weighted by Gasteiger charge is 2.09. The van der Waals surface area contributed by atoms with Crippen molar-refractivity contribution in [2.45, 2.75) is 19.9 Å². The third-order valence-corrected chi connectivity index (χ3v) is 2.97. The first-order valence-electron chi connectivity index (χ1n) is 6.56. The van der Waals surface area contributed by atoms with E-state index in [-0.39, 0.29) is 17.9 Å². The van der Waals surface area contributed by atoms with Crippen molar-refractivity contribution in [3.63, 3.8) is 0 Å². The molecule has 0 fully saturated rings. The van der Waals surface area contributed by atoms with Crippen LogP contribution in [0.4, 0.5) is 5.82 Å². The number of carbonyl (C=O) groups is 1. The first-order chi connectivity index (χ1) is 10.1. The van der Waals surface area contributed by atoms with Gasteiger partial charge in [0.25, 0.3) is 5.56 Å². The Bertz CT molecular complexity index is 682. The van der Waals surface area contributed by atoms with Gasteiger partial charge in [0.1, 0.15) is 6.54 Å². The maximum absolute atomic E-state index is 12.2. The summed E-state index contributed by atoms with van der Waals surface area (Å²) in [6.07, 6.45) is 3.93. The SMILES string of the molecule is Cc1cnc(NCCc2ccccn2)c(=O)n1CC(N)=O. The number of carbonyl (C=O) groups excluding carboxylic acids is 1. The smallest absolute Gasteiger partial charge is 0.293 e. The fourth-order valence-corrected chi connectivity index (χ4v) is 1.90. The van der Waals surface area contributed by atoms with Gasteiger partial charge >= 0.3 is 0 Å². The summed E-state index contributed by atoms with van der Waals surface area (Å²) in [5.74, 6) is -0.358. The molecular formula is C14H17N5O2. The Morgan fingerprint density at radius 1 is 1.38 bits per heavy atom. The molecule has 21 heavy (non-hydrogen) atoms. The number of amides is 1. The van der Waals surface area contributed by atoms with Crippen molar-refractivity contribution in [3.8, 4) is 0 Å². The summed E-state index contributed by atoms with van der Waals surface area (Å²) in [7, 11) is 0. The number of aryl methyl sites for hydroxylation is 1. The summed E-state index contributed by atoms with van der Waals surface area (Å²) < 4.78 is 1.30. The maximum atomic E-state index is 12.2. The van der Waals surface area contributed by atoms with Gasteiger partial charge in [0.15, 0.2) is 5.82 Å². The predicted octanol–water partition coefficient (Wildman–Crippen LogP) is 0.0866. The molecule has 0 saturated carbocycles. The summed E-state index contributed by atoms with van der Waals surface area (Å²) in [4.78, 5) is 31.4. The third kappa shape index (κ3) is 3.88. The van der Waals surface area contributed by atoms with Crippen LogP contribution in [0.2, 0.25) is 0 Å². The van der Waals surface area contributed by atoms with Gasteiger partial charge in [-0.05, 0) is 19.1 Å². The Kier molecular flexibility index (Phi) is 4.65. The first kappa shape index (κ1) is 14.7. The highest BCUT2D eigenvalue weighted by molar-refractivity contribution is 5.73. The van der Waals surface area contributed by atoms with E-state index in [1.807, 2.05) is 18.2 Å². The number of rotatable bonds is 6. The summed E-state index contributed by atoms with van der Waals surface area (Å²) in [6, 6.07) is 5.67. The van der Waals surface area contributed by atoms with Crippen LogP contribution in [-0.2, 0) is 17.8 Å².